The van der Waals surface area contributed by atoms with Crippen molar-refractivity contribution >= 4 is 17.7 Å². The molecule has 122 valence electrons. The molecule has 0 saturated heterocycles. The molecule has 0 aliphatic rings. The molecule has 0 rings (SSSR count). The van der Waals surface area contributed by atoms with Crippen LogP contribution in [0.25, 0.3) is 0 Å². The Morgan fingerprint density at radius 2 is 1.52 bits per heavy atom. The van der Waals surface area contributed by atoms with E-state index in [1.165, 1.54) is 0 Å². The zero-order valence-corrected chi connectivity index (χ0v) is 11.2. The minimum Gasteiger partial charge on any atom is -0.475 e. The summed E-state index contributed by atoms with van der Waals surface area (Å²) in [5.74, 6) is -3.89. The molecule has 0 spiro atoms. The quantitative estimate of drug-likeness (QED) is 0.164. The van der Waals surface area contributed by atoms with Gasteiger partial charge in [0.05, 0.1) is 18.8 Å². The molecule has 0 saturated carbocycles. The van der Waals surface area contributed by atoms with Crippen LogP contribution in [0.2, 0.25) is 0 Å². The van der Waals surface area contributed by atoms with Gasteiger partial charge < -0.3 is 36.0 Å². The Hall–Kier alpha value is -1.59. The predicted octanol–water partition coefficient (Wildman–Crippen LogP) is -4.03. The van der Waals surface area contributed by atoms with Crippen molar-refractivity contribution in [2.75, 3.05) is 6.61 Å². The molecule has 0 fully saturated rings. The molecule has 0 heterocycles. The van der Waals surface area contributed by atoms with E-state index in [2.05, 4.69) is 0 Å². The molecular weight excluding hydrogens is 291 g/mol. The van der Waals surface area contributed by atoms with E-state index >= 15 is 0 Å². The van der Waals surface area contributed by atoms with Gasteiger partial charge in [-0.2, -0.15) is 0 Å². The molecule has 0 aromatic rings. The second-order valence-electron chi connectivity index (χ2n) is 4.46. The number of carbonyl (C=O) groups is 3. The third-order valence-corrected chi connectivity index (χ3v) is 2.72. The normalized spacial score (nSPS) is 18.2. The van der Waals surface area contributed by atoms with Crippen molar-refractivity contribution in [1.82, 2.24) is 5.32 Å². The molecule has 0 aromatic heterocycles. The van der Waals surface area contributed by atoms with E-state index in [1.54, 1.807) is 0 Å². The van der Waals surface area contributed by atoms with Gasteiger partial charge in [-0.3, -0.25) is 9.59 Å². The maximum Gasteiger partial charge on any atom is 0.372 e. The molecule has 0 aliphatic carbocycles. The molecule has 0 bridgehead atoms. The first-order valence-electron chi connectivity index (χ1n) is 5.98. The summed E-state index contributed by atoms with van der Waals surface area (Å²) >= 11 is 0. The predicted molar refractivity (Wildman–Crippen MR) is 66.0 cm³/mol. The summed E-state index contributed by atoms with van der Waals surface area (Å²) in [5, 5.41) is 57.4. The maximum atomic E-state index is 11.0. The topological polar surface area (TPSA) is 185 Å². The number of carbonyl (C=O) groups excluding carboxylic acids is 2. The van der Waals surface area contributed by atoms with Gasteiger partial charge >= 0.3 is 5.97 Å². The van der Waals surface area contributed by atoms with Crippen molar-refractivity contribution in [3.05, 3.63) is 0 Å². The van der Waals surface area contributed by atoms with Crippen LogP contribution < -0.4 is 5.32 Å². The van der Waals surface area contributed by atoms with Gasteiger partial charge in [-0.05, 0) is 0 Å². The molecule has 10 nitrogen and oxygen atoms in total. The van der Waals surface area contributed by atoms with Gasteiger partial charge in [-0.25, -0.2) is 4.79 Å². The summed E-state index contributed by atoms with van der Waals surface area (Å²) in [6, 6.07) is -1.61. The van der Waals surface area contributed by atoms with E-state index in [1.807, 2.05) is 5.32 Å². The Bertz CT molecular complexity index is 386. The summed E-state index contributed by atoms with van der Waals surface area (Å²) in [7, 11) is 0. The average Bonchev–Trinajstić information content (AvgIpc) is 2.41. The van der Waals surface area contributed by atoms with Gasteiger partial charge in [0.1, 0.15) is 18.3 Å². The Balaban J connectivity index is 5.04. The molecule has 0 radical (unpaired) electrons. The Kier molecular flexibility index (Phi) is 7.99. The highest BCUT2D eigenvalue weighted by atomic mass is 16.5. The number of amides is 1. The second-order valence-corrected chi connectivity index (χ2v) is 4.46. The van der Waals surface area contributed by atoms with Crippen molar-refractivity contribution < 1.29 is 45.0 Å². The monoisotopic (exact) mass is 310 g/mol. The summed E-state index contributed by atoms with van der Waals surface area (Å²) in [4.78, 5) is 32.4. The van der Waals surface area contributed by atoms with E-state index < -0.39 is 61.1 Å². The summed E-state index contributed by atoms with van der Waals surface area (Å²) in [6.07, 6.45) is -8.35. The van der Waals surface area contributed by atoms with Crippen LogP contribution in [0.5, 0.6) is 0 Å². The number of nitrogens with one attached hydrogen (secondary N) is 1. The minimum atomic E-state index is -1.94. The van der Waals surface area contributed by atoms with Gasteiger partial charge in [0.25, 0.3) is 0 Å². The number of carboxylic acids is 1. The fraction of sp³-hybridized carbons (Fsp3) is 0.727. The third kappa shape index (κ3) is 6.14. The highest BCUT2D eigenvalue weighted by Gasteiger charge is 2.37. The summed E-state index contributed by atoms with van der Waals surface area (Å²) in [5.41, 5.74) is 0. The van der Waals surface area contributed by atoms with Crippen molar-refractivity contribution in [2.24, 2.45) is 0 Å². The van der Waals surface area contributed by atoms with Crippen LogP contribution in [-0.4, -0.2) is 85.4 Å². The number of Topliss-reactive ketones (excluding diaryl/α,β-unsaturated/α-hetero) is 1. The fourth-order valence-corrected chi connectivity index (χ4v) is 1.60. The van der Waals surface area contributed by atoms with Gasteiger partial charge in [-0.1, -0.05) is 0 Å². The lowest BCUT2D eigenvalue weighted by Gasteiger charge is -2.32. The number of rotatable bonds is 9. The minimum absolute atomic E-state index is 0.730. The molecule has 0 aliphatic heterocycles. The highest BCUT2D eigenvalue weighted by molar-refractivity contribution is 6.32. The molecule has 21 heavy (non-hydrogen) atoms. The first kappa shape index (κ1) is 19.4. The molecule has 0 aromatic carbocycles. The van der Waals surface area contributed by atoms with Crippen molar-refractivity contribution in [3.8, 4) is 0 Å². The van der Waals surface area contributed by atoms with Gasteiger partial charge in [0.15, 0.2) is 0 Å². The van der Waals surface area contributed by atoms with Crippen molar-refractivity contribution in [2.45, 2.75) is 43.8 Å². The Labute approximate surface area is 119 Å². The van der Waals surface area contributed by atoms with Gasteiger partial charge in [-0.15, -0.1) is 0 Å². The Morgan fingerprint density at radius 1 is 1.00 bits per heavy atom. The average molecular weight is 310 g/mol. The van der Waals surface area contributed by atoms with Crippen LogP contribution >= 0.6 is 0 Å². The van der Waals surface area contributed by atoms with E-state index in [4.69, 9.17) is 10.2 Å². The van der Waals surface area contributed by atoms with E-state index in [-0.39, 0.29) is 0 Å². The molecule has 0 unspecified atom stereocenters. The number of hydrogen-bond donors (Lipinski definition) is 7. The second kappa shape index (κ2) is 8.64. The van der Waals surface area contributed by atoms with Crippen LogP contribution in [0.15, 0.2) is 0 Å². The third-order valence-electron chi connectivity index (χ3n) is 2.72. The first-order valence-corrected chi connectivity index (χ1v) is 5.98. The first-order chi connectivity index (χ1) is 9.61. The fourth-order valence-electron chi connectivity index (χ4n) is 1.60. The lowest BCUT2D eigenvalue weighted by molar-refractivity contribution is -0.151. The molecule has 5 atom stereocenters. The van der Waals surface area contributed by atoms with Crippen LogP contribution in [0.3, 0.4) is 0 Å². The smallest absolute Gasteiger partial charge is 0.372 e. The Morgan fingerprint density at radius 3 is 1.90 bits per heavy atom. The largest absolute Gasteiger partial charge is 0.475 e. The van der Waals surface area contributed by atoms with E-state index in [0.29, 0.717) is 0 Å². The number of ketones is 1. The van der Waals surface area contributed by atoms with E-state index in [0.717, 1.165) is 6.92 Å². The van der Waals surface area contributed by atoms with Gasteiger partial charge in [0.2, 0.25) is 11.7 Å². The summed E-state index contributed by atoms with van der Waals surface area (Å²) in [6.45, 7) is 0.134. The molecule has 10 heteroatoms. The van der Waals surface area contributed by atoms with Crippen LogP contribution in [-0.2, 0) is 14.4 Å². The number of aliphatic hydroxyl groups is 5. The molecule has 7 N–H and O–H groups in total. The number of carboxylic acid groups (broad SMARTS) is 1. The zero-order valence-electron chi connectivity index (χ0n) is 11.2. The molecule has 1 amide bonds. The summed E-state index contributed by atoms with van der Waals surface area (Å²) < 4.78 is 0. The number of hydrogen-bond acceptors (Lipinski definition) is 8. The van der Waals surface area contributed by atoms with Gasteiger partial charge in [0, 0.05) is 13.3 Å². The SMILES string of the molecule is CC(=O)N[C@@H]([C@@H](O)[C@H](O)[C@H](O)CO)[C@@H](O)CC(=O)[13C](=O)O. The maximum absolute atomic E-state index is 11.0. The highest BCUT2D eigenvalue weighted by Crippen LogP contribution is 2.11. The van der Waals surface area contributed by atoms with Crippen molar-refractivity contribution in [1.29, 1.82) is 0 Å². The van der Waals surface area contributed by atoms with Crippen LogP contribution in [0.1, 0.15) is 13.3 Å². The van der Waals surface area contributed by atoms with E-state index in [9.17, 15) is 34.8 Å². The lowest BCUT2D eigenvalue weighted by atomic mass is 9.94. The standard InChI is InChI=1S/C11H19NO9/c1-4(14)12-8(5(15)2-6(16)11(20)21)10(19)9(18)7(17)3-13/h5,7-10,13,15,17-19H,2-3H2,1H3,(H,12,14)(H,20,21)/t5-,7+,8+,9+,10+/m0/s1/i11+1. The lowest BCUT2D eigenvalue weighted by Crippen LogP contribution is -2.57. The number of aliphatic hydroxyl groups excluding tert-OH is 5. The van der Waals surface area contributed by atoms with Crippen molar-refractivity contribution in [3.63, 3.8) is 0 Å². The zero-order chi connectivity index (χ0) is 16.7. The van der Waals surface area contributed by atoms with Crippen LogP contribution in [0.4, 0.5) is 0 Å². The molecular formula is C11H19NO9. The number of aliphatic carboxylic acids is 1. The van der Waals surface area contributed by atoms with Crippen LogP contribution in [0, 0.1) is 0 Å².